The largest absolute Gasteiger partial charge is 0.423 e. The summed E-state index contributed by atoms with van der Waals surface area (Å²) < 4.78 is 33.2. The summed E-state index contributed by atoms with van der Waals surface area (Å²) in [6, 6.07) is 8.53. The van der Waals surface area contributed by atoms with Crippen LogP contribution in [0.15, 0.2) is 51.7 Å². The zero-order chi connectivity index (χ0) is 21.6. The summed E-state index contributed by atoms with van der Waals surface area (Å²) in [6.07, 6.45) is 0.744. The van der Waals surface area contributed by atoms with E-state index >= 15 is 0 Å². The standard InChI is InChI=1S/C22H18F2N2O4/c1-3-12-4-6-15-13(9-19(27)30-18(15)8-12)11-26-20(28)22(2,25-21(26)29)16-10-14(23)5-7-17(16)24/h4-10H,3,11H2,1-2H3,(H,25,29)/t22-/m0/s1. The van der Waals surface area contributed by atoms with Crippen molar-refractivity contribution in [1.82, 2.24) is 10.2 Å². The molecule has 0 spiro atoms. The summed E-state index contributed by atoms with van der Waals surface area (Å²) in [4.78, 5) is 38.5. The molecule has 1 aliphatic rings. The zero-order valence-corrected chi connectivity index (χ0v) is 16.3. The summed E-state index contributed by atoms with van der Waals surface area (Å²) in [7, 11) is 0. The van der Waals surface area contributed by atoms with Crippen LogP contribution < -0.4 is 10.9 Å². The highest BCUT2D eigenvalue weighted by Gasteiger charge is 2.50. The Balaban J connectivity index is 1.74. The van der Waals surface area contributed by atoms with Crippen molar-refractivity contribution < 1.29 is 22.8 Å². The molecular formula is C22H18F2N2O4. The maximum absolute atomic E-state index is 14.3. The molecule has 3 amide bonds. The Morgan fingerprint density at radius 2 is 1.83 bits per heavy atom. The van der Waals surface area contributed by atoms with Gasteiger partial charge in [-0.05, 0) is 48.7 Å². The fourth-order valence-electron chi connectivity index (χ4n) is 3.70. The SMILES string of the molecule is CCc1ccc2c(CN3C(=O)N[C@@](C)(c4cc(F)ccc4F)C3=O)cc(=O)oc2c1. The van der Waals surface area contributed by atoms with E-state index < -0.39 is 34.7 Å². The van der Waals surface area contributed by atoms with Crippen LogP contribution in [-0.2, 0) is 23.3 Å². The molecule has 4 rings (SSSR count). The Morgan fingerprint density at radius 1 is 1.07 bits per heavy atom. The highest BCUT2D eigenvalue weighted by molar-refractivity contribution is 6.07. The van der Waals surface area contributed by atoms with Gasteiger partial charge in [-0.15, -0.1) is 0 Å². The van der Waals surface area contributed by atoms with Crippen LogP contribution in [0.25, 0.3) is 11.0 Å². The van der Waals surface area contributed by atoms with Gasteiger partial charge in [0.15, 0.2) is 0 Å². The van der Waals surface area contributed by atoms with E-state index in [4.69, 9.17) is 4.42 Å². The topological polar surface area (TPSA) is 79.6 Å². The summed E-state index contributed by atoms with van der Waals surface area (Å²) in [6.45, 7) is 3.06. The van der Waals surface area contributed by atoms with E-state index in [0.717, 1.165) is 35.1 Å². The molecule has 8 heteroatoms. The average Bonchev–Trinajstić information content (AvgIpc) is 2.92. The molecule has 6 nitrogen and oxygen atoms in total. The number of carbonyl (C=O) groups excluding carboxylic acids is 2. The molecule has 0 bridgehead atoms. The maximum Gasteiger partial charge on any atom is 0.336 e. The third kappa shape index (κ3) is 3.14. The van der Waals surface area contributed by atoms with Crippen molar-refractivity contribution >= 4 is 22.9 Å². The van der Waals surface area contributed by atoms with Crippen molar-refractivity contribution in [2.24, 2.45) is 0 Å². The van der Waals surface area contributed by atoms with Gasteiger partial charge in [0, 0.05) is 17.0 Å². The average molecular weight is 412 g/mol. The lowest BCUT2D eigenvalue weighted by Gasteiger charge is -2.23. The minimum absolute atomic E-state index is 0.217. The molecule has 1 N–H and O–H groups in total. The van der Waals surface area contributed by atoms with Crippen molar-refractivity contribution in [2.45, 2.75) is 32.4 Å². The van der Waals surface area contributed by atoms with E-state index in [9.17, 15) is 23.2 Å². The van der Waals surface area contributed by atoms with Crippen LogP contribution in [0.1, 0.15) is 30.5 Å². The molecule has 1 fully saturated rings. The van der Waals surface area contributed by atoms with Gasteiger partial charge in [0.1, 0.15) is 22.8 Å². The molecule has 1 aliphatic heterocycles. The minimum atomic E-state index is -1.77. The van der Waals surface area contributed by atoms with Crippen molar-refractivity contribution in [1.29, 1.82) is 0 Å². The van der Waals surface area contributed by atoms with E-state index in [1.807, 2.05) is 13.0 Å². The van der Waals surface area contributed by atoms with Crippen LogP contribution in [0.3, 0.4) is 0 Å². The molecule has 1 saturated heterocycles. The van der Waals surface area contributed by atoms with Crippen molar-refractivity contribution in [3.63, 3.8) is 0 Å². The highest BCUT2D eigenvalue weighted by atomic mass is 19.1. The number of halogens is 2. The maximum atomic E-state index is 14.3. The van der Waals surface area contributed by atoms with Crippen LogP contribution in [0.2, 0.25) is 0 Å². The Labute approximate surface area is 170 Å². The van der Waals surface area contributed by atoms with Gasteiger partial charge in [0.25, 0.3) is 5.91 Å². The van der Waals surface area contributed by atoms with Gasteiger partial charge in [0.2, 0.25) is 0 Å². The van der Waals surface area contributed by atoms with E-state index in [0.29, 0.717) is 16.5 Å². The summed E-state index contributed by atoms with van der Waals surface area (Å²) in [5.74, 6) is -2.29. The van der Waals surface area contributed by atoms with Gasteiger partial charge in [-0.25, -0.2) is 18.4 Å². The zero-order valence-electron chi connectivity index (χ0n) is 16.3. The first kappa shape index (κ1) is 19.8. The molecule has 0 aliphatic carbocycles. The molecule has 30 heavy (non-hydrogen) atoms. The highest BCUT2D eigenvalue weighted by Crippen LogP contribution is 2.32. The molecule has 1 aromatic heterocycles. The van der Waals surface area contributed by atoms with E-state index in [1.54, 1.807) is 12.1 Å². The first-order valence-electron chi connectivity index (χ1n) is 9.38. The van der Waals surface area contributed by atoms with Gasteiger partial charge >= 0.3 is 11.7 Å². The third-order valence-electron chi connectivity index (χ3n) is 5.37. The van der Waals surface area contributed by atoms with Crippen LogP contribution in [-0.4, -0.2) is 16.8 Å². The Bertz CT molecular complexity index is 1250. The molecule has 1 atom stereocenters. The number of benzene rings is 2. The quantitative estimate of drug-likeness (QED) is 0.525. The lowest BCUT2D eigenvalue weighted by atomic mass is 9.91. The first-order chi connectivity index (χ1) is 14.2. The number of imide groups is 1. The molecule has 0 unspecified atom stereocenters. The number of carbonyl (C=O) groups is 2. The number of nitrogens with zero attached hydrogens (tertiary/aromatic N) is 1. The van der Waals surface area contributed by atoms with Crippen LogP contribution >= 0.6 is 0 Å². The first-order valence-corrected chi connectivity index (χ1v) is 9.38. The second-order valence-corrected chi connectivity index (χ2v) is 7.35. The van der Waals surface area contributed by atoms with Crippen molar-refractivity contribution in [2.75, 3.05) is 0 Å². The van der Waals surface area contributed by atoms with Crippen molar-refractivity contribution in [3.8, 4) is 0 Å². The lowest BCUT2D eigenvalue weighted by Crippen LogP contribution is -2.41. The number of aryl methyl sites for hydroxylation is 1. The predicted molar refractivity (Wildman–Crippen MR) is 105 cm³/mol. The summed E-state index contributed by atoms with van der Waals surface area (Å²) >= 11 is 0. The van der Waals surface area contributed by atoms with Gasteiger partial charge in [0.05, 0.1) is 6.54 Å². The molecule has 2 heterocycles. The number of amides is 3. The Hall–Kier alpha value is -3.55. The Kier molecular flexibility index (Phi) is 4.64. The molecule has 3 aromatic rings. The summed E-state index contributed by atoms with van der Waals surface area (Å²) in [5, 5.41) is 3.03. The normalized spacial score (nSPS) is 18.9. The Morgan fingerprint density at radius 3 is 2.57 bits per heavy atom. The molecule has 2 aromatic carbocycles. The predicted octanol–water partition coefficient (Wildman–Crippen LogP) is 3.60. The van der Waals surface area contributed by atoms with E-state index in [1.165, 1.54) is 13.0 Å². The lowest BCUT2D eigenvalue weighted by molar-refractivity contribution is -0.131. The fraction of sp³-hybridized carbons (Fsp3) is 0.227. The number of hydrogen-bond acceptors (Lipinski definition) is 4. The van der Waals surface area contributed by atoms with Gasteiger partial charge in [-0.3, -0.25) is 9.69 Å². The second-order valence-electron chi connectivity index (χ2n) is 7.35. The molecule has 0 saturated carbocycles. The van der Waals surface area contributed by atoms with Crippen LogP contribution in [0.4, 0.5) is 13.6 Å². The number of fused-ring (bicyclic) bond motifs is 1. The van der Waals surface area contributed by atoms with E-state index in [-0.39, 0.29) is 12.1 Å². The molecule has 0 radical (unpaired) electrons. The van der Waals surface area contributed by atoms with Gasteiger partial charge in [-0.1, -0.05) is 19.1 Å². The van der Waals surface area contributed by atoms with Gasteiger partial charge in [-0.2, -0.15) is 0 Å². The van der Waals surface area contributed by atoms with Crippen LogP contribution in [0.5, 0.6) is 0 Å². The second kappa shape index (κ2) is 7.05. The smallest absolute Gasteiger partial charge is 0.336 e. The molecular weight excluding hydrogens is 394 g/mol. The monoisotopic (exact) mass is 412 g/mol. The fourth-order valence-corrected chi connectivity index (χ4v) is 3.70. The van der Waals surface area contributed by atoms with E-state index in [2.05, 4.69) is 5.32 Å². The number of rotatable bonds is 4. The van der Waals surface area contributed by atoms with Gasteiger partial charge < -0.3 is 9.73 Å². The van der Waals surface area contributed by atoms with Crippen molar-refractivity contribution in [3.05, 3.63) is 81.2 Å². The number of urea groups is 1. The number of hydrogen-bond donors (Lipinski definition) is 1. The minimum Gasteiger partial charge on any atom is -0.423 e. The molecule has 154 valence electrons. The number of nitrogens with one attached hydrogen (secondary N) is 1. The third-order valence-corrected chi connectivity index (χ3v) is 5.37. The summed E-state index contributed by atoms with van der Waals surface area (Å²) in [5.41, 5.74) is -0.926. The van der Waals surface area contributed by atoms with Crippen LogP contribution in [0, 0.1) is 11.6 Å².